The Morgan fingerprint density at radius 3 is 2.00 bits per heavy atom. The highest BCUT2D eigenvalue weighted by Gasteiger charge is 2.22. The third kappa shape index (κ3) is 9.92. The molecule has 0 radical (unpaired) electrons. The third-order valence-corrected chi connectivity index (χ3v) is 7.27. The van der Waals surface area contributed by atoms with Crippen molar-refractivity contribution in [1.82, 2.24) is 0 Å². The van der Waals surface area contributed by atoms with E-state index in [1.54, 1.807) is 6.07 Å². The zero-order chi connectivity index (χ0) is 27.0. The van der Waals surface area contributed by atoms with Crippen LogP contribution in [0.25, 0.3) is 11.1 Å². The summed E-state index contributed by atoms with van der Waals surface area (Å²) >= 11 is 0. The van der Waals surface area contributed by atoms with Crippen molar-refractivity contribution in [2.24, 2.45) is 5.92 Å². The Morgan fingerprint density at radius 2 is 1.37 bits per heavy atom. The molecule has 1 fully saturated rings. The monoisotopic (exact) mass is 534 g/mol. The Labute approximate surface area is 226 Å². The molecule has 0 aromatic heterocycles. The summed E-state index contributed by atoms with van der Waals surface area (Å²) in [6.07, 6.45) is 10.3. The first kappa shape index (κ1) is 30.5. The maximum absolute atomic E-state index is 14.9. The van der Waals surface area contributed by atoms with E-state index in [-0.39, 0.29) is 31.1 Å². The van der Waals surface area contributed by atoms with E-state index in [2.05, 4.69) is 19.1 Å². The van der Waals surface area contributed by atoms with Crippen LogP contribution in [0, 0.1) is 17.6 Å². The van der Waals surface area contributed by atoms with Crippen LogP contribution in [0.3, 0.4) is 0 Å². The van der Waals surface area contributed by atoms with Crippen molar-refractivity contribution in [3.05, 3.63) is 53.6 Å². The normalized spacial score (nSPS) is 17.6. The van der Waals surface area contributed by atoms with Crippen LogP contribution in [0.15, 0.2) is 36.4 Å². The molecule has 0 unspecified atom stereocenters. The van der Waals surface area contributed by atoms with Crippen LogP contribution in [0.2, 0.25) is 0 Å². The predicted molar refractivity (Wildman–Crippen MR) is 146 cm³/mol. The number of aliphatic hydroxyl groups excluding tert-OH is 1. The molecule has 0 amide bonds. The first-order chi connectivity index (χ1) is 18.6. The van der Waals surface area contributed by atoms with Crippen LogP contribution < -0.4 is 4.74 Å². The SMILES string of the molecule is CCCCC[C@H]1CC[C@H](c2ccc(-c3ccc(OCCOCCOCCOCCO)c(F)c3F)cc2)CC1. The number of ether oxygens (including phenoxy) is 4. The lowest BCUT2D eigenvalue weighted by Gasteiger charge is -2.29. The summed E-state index contributed by atoms with van der Waals surface area (Å²) in [6.45, 7) is 4.44. The summed E-state index contributed by atoms with van der Waals surface area (Å²) in [5.74, 6) is -0.591. The van der Waals surface area contributed by atoms with Gasteiger partial charge in [0.25, 0.3) is 0 Å². The lowest BCUT2D eigenvalue weighted by atomic mass is 9.77. The number of rotatable bonds is 18. The van der Waals surface area contributed by atoms with Crippen LogP contribution >= 0.6 is 0 Å². The van der Waals surface area contributed by atoms with Crippen LogP contribution in [-0.2, 0) is 14.2 Å². The van der Waals surface area contributed by atoms with Crippen molar-refractivity contribution in [3.63, 3.8) is 0 Å². The standard InChI is InChI=1S/C31H44F2O5/c1-2-3-4-5-24-6-8-25(9-7-24)26-10-12-27(13-11-26)28-14-15-29(31(33)30(28)32)38-23-22-37-21-20-36-19-18-35-17-16-34/h10-15,24-25,34H,2-9,16-23H2,1H3/t24-,25-. The minimum absolute atomic E-state index is 0.0104. The molecule has 1 saturated carbocycles. The second kappa shape index (κ2) is 17.5. The molecular formula is C31H44F2O5. The van der Waals surface area contributed by atoms with Gasteiger partial charge in [0.2, 0.25) is 5.82 Å². The molecule has 3 rings (SSSR count). The van der Waals surface area contributed by atoms with E-state index >= 15 is 0 Å². The molecule has 0 saturated heterocycles. The molecule has 38 heavy (non-hydrogen) atoms. The average molecular weight is 535 g/mol. The van der Waals surface area contributed by atoms with E-state index in [4.69, 9.17) is 24.1 Å². The molecule has 1 N–H and O–H groups in total. The molecular weight excluding hydrogens is 490 g/mol. The molecule has 0 bridgehead atoms. The van der Waals surface area contributed by atoms with E-state index in [1.165, 1.54) is 63.0 Å². The molecule has 0 heterocycles. The number of halogens is 2. The fourth-order valence-corrected chi connectivity index (χ4v) is 5.09. The zero-order valence-corrected chi connectivity index (χ0v) is 22.8. The second-order valence-electron chi connectivity index (χ2n) is 9.98. The Hall–Kier alpha value is -2.06. The van der Waals surface area contributed by atoms with Gasteiger partial charge in [0, 0.05) is 5.56 Å². The average Bonchev–Trinajstić information content (AvgIpc) is 2.95. The molecule has 2 aromatic carbocycles. The van der Waals surface area contributed by atoms with Crippen LogP contribution in [0.5, 0.6) is 5.75 Å². The number of unbranched alkanes of at least 4 members (excludes halogenated alkanes) is 2. The van der Waals surface area contributed by atoms with Gasteiger partial charge in [0.15, 0.2) is 11.6 Å². The maximum atomic E-state index is 14.9. The number of hydrogen-bond donors (Lipinski definition) is 1. The van der Waals surface area contributed by atoms with Crippen LogP contribution in [0.1, 0.15) is 69.8 Å². The highest BCUT2D eigenvalue weighted by Crippen LogP contribution is 2.38. The van der Waals surface area contributed by atoms with Gasteiger partial charge in [0.1, 0.15) is 6.61 Å². The van der Waals surface area contributed by atoms with Gasteiger partial charge in [-0.3, -0.25) is 0 Å². The Kier molecular flexibility index (Phi) is 14.0. The minimum atomic E-state index is -0.987. The summed E-state index contributed by atoms with van der Waals surface area (Å²) in [5, 5.41) is 8.61. The van der Waals surface area contributed by atoms with E-state index in [9.17, 15) is 8.78 Å². The minimum Gasteiger partial charge on any atom is -0.488 e. The van der Waals surface area contributed by atoms with E-state index in [0.29, 0.717) is 44.5 Å². The van der Waals surface area contributed by atoms with Gasteiger partial charge in [-0.1, -0.05) is 56.9 Å². The van der Waals surface area contributed by atoms with Crippen LogP contribution in [0.4, 0.5) is 8.78 Å². The zero-order valence-electron chi connectivity index (χ0n) is 22.8. The number of benzene rings is 2. The molecule has 1 aliphatic carbocycles. The largest absolute Gasteiger partial charge is 0.488 e. The molecule has 7 heteroatoms. The second-order valence-corrected chi connectivity index (χ2v) is 9.98. The van der Waals surface area contributed by atoms with Crippen LogP contribution in [-0.4, -0.2) is 58.0 Å². The van der Waals surface area contributed by atoms with Gasteiger partial charge in [0.05, 0.1) is 46.2 Å². The molecule has 5 nitrogen and oxygen atoms in total. The van der Waals surface area contributed by atoms with Gasteiger partial charge in [-0.2, -0.15) is 4.39 Å². The van der Waals surface area contributed by atoms with Crippen molar-refractivity contribution < 1.29 is 32.8 Å². The van der Waals surface area contributed by atoms with Crippen molar-refractivity contribution in [1.29, 1.82) is 0 Å². The van der Waals surface area contributed by atoms with Gasteiger partial charge in [-0.25, -0.2) is 4.39 Å². The first-order valence-electron chi connectivity index (χ1n) is 14.2. The summed E-state index contributed by atoms with van der Waals surface area (Å²) < 4.78 is 50.7. The van der Waals surface area contributed by atoms with Gasteiger partial charge < -0.3 is 24.1 Å². The Bertz CT molecular complexity index is 913. The summed E-state index contributed by atoms with van der Waals surface area (Å²) in [4.78, 5) is 0. The Morgan fingerprint density at radius 1 is 0.737 bits per heavy atom. The van der Waals surface area contributed by atoms with E-state index in [0.717, 1.165) is 5.92 Å². The lowest BCUT2D eigenvalue weighted by Crippen LogP contribution is -2.13. The molecule has 0 spiro atoms. The lowest BCUT2D eigenvalue weighted by molar-refractivity contribution is 0.00343. The quantitative estimate of drug-likeness (QED) is 0.211. The van der Waals surface area contributed by atoms with Gasteiger partial charge >= 0.3 is 0 Å². The number of aliphatic hydroxyl groups is 1. The van der Waals surface area contributed by atoms with E-state index in [1.807, 2.05) is 12.1 Å². The topological polar surface area (TPSA) is 57.2 Å². The number of hydrogen-bond acceptors (Lipinski definition) is 5. The fraction of sp³-hybridized carbons (Fsp3) is 0.613. The van der Waals surface area contributed by atoms with Crippen molar-refractivity contribution >= 4 is 0 Å². The first-order valence-corrected chi connectivity index (χ1v) is 14.2. The molecule has 1 aliphatic rings. The fourth-order valence-electron chi connectivity index (χ4n) is 5.09. The van der Waals surface area contributed by atoms with E-state index < -0.39 is 11.6 Å². The van der Waals surface area contributed by atoms with Crippen molar-refractivity contribution in [2.75, 3.05) is 52.9 Å². The molecule has 0 atom stereocenters. The van der Waals surface area contributed by atoms with Crippen molar-refractivity contribution in [3.8, 4) is 16.9 Å². The molecule has 2 aromatic rings. The van der Waals surface area contributed by atoms with Gasteiger partial charge in [-0.05, 0) is 60.8 Å². The molecule has 0 aliphatic heterocycles. The molecule has 212 valence electrons. The maximum Gasteiger partial charge on any atom is 0.201 e. The summed E-state index contributed by atoms with van der Waals surface area (Å²) in [6, 6.07) is 11.0. The highest BCUT2D eigenvalue weighted by atomic mass is 19.2. The summed E-state index contributed by atoms with van der Waals surface area (Å²) in [5.41, 5.74) is 2.19. The predicted octanol–water partition coefficient (Wildman–Crippen LogP) is 6.91. The summed E-state index contributed by atoms with van der Waals surface area (Å²) in [7, 11) is 0. The third-order valence-electron chi connectivity index (χ3n) is 7.27. The van der Waals surface area contributed by atoms with Crippen molar-refractivity contribution in [2.45, 2.75) is 64.2 Å². The van der Waals surface area contributed by atoms with Gasteiger partial charge in [-0.15, -0.1) is 0 Å². The highest BCUT2D eigenvalue weighted by molar-refractivity contribution is 5.65. The smallest absolute Gasteiger partial charge is 0.201 e. The Balaban J connectivity index is 1.40.